The highest BCUT2D eigenvalue weighted by molar-refractivity contribution is 5.96. The lowest BCUT2D eigenvalue weighted by atomic mass is 10.1. The van der Waals surface area contributed by atoms with Crippen molar-refractivity contribution in [3.8, 4) is 11.4 Å². The van der Waals surface area contributed by atoms with Crippen LogP contribution in [-0.2, 0) is 0 Å². The molecule has 0 spiro atoms. The highest BCUT2D eigenvalue weighted by atomic mass is 16.4. The molecule has 6 heteroatoms. The molecule has 2 heterocycles. The Bertz CT molecular complexity index is 894. The number of carboxylic acids is 2. The molecule has 22 heavy (non-hydrogen) atoms. The molecule has 0 unspecified atom stereocenters. The molecule has 0 saturated carbocycles. The van der Waals surface area contributed by atoms with E-state index in [9.17, 15) is 14.7 Å². The average Bonchev–Trinajstić information content (AvgIpc) is 2.87. The first kappa shape index (κ1) is 13.8. The summed E-state index contributed by atoms with van der Waals surface area (Å²) in [6, 6.07) is 10.2. The third kappa shape index (κ3) is 2.20. The molecule has 0 aliphatic carbocycles. The van der Waals surface area contributed by atoms with Gasteiger partial charge < -0.3 is 10.2 Å². The summed E-state index contributed by atoms with van der Waals surface area (Å²) in [5, 5.41) is 18.4. The lowest BCUT2D eigenvalue weighted by Crippen LogP contribution is -2.00. The van der Waals surface area contributed by atoms with Crippen LogP contribution in [0, 0.1) is 6.92 Å². The summed E-state index contributed by atoms with van der Waals surface area (Å²) < 4.78 is 1.50. The van der Waals surface area contributed by atoms with E-state index in [0.717, 1.165) is 11.1 Å². The summed E-state index contributed by atoms with van der Waals surface area (Å²) in [6.45, 7) is 1.94. The second-order valence-corrected chi connectivity index (χ2v) is 4.93. The fourth-order valence-electron chi connectivity index (χ4n) is 2.28. The summed E-state index contributed by atoms with van der Waals surface area (Å²) in [5.74, 6) is -1.84. The van der Waals surface area contributed by atoms with Crippen molar-refractivity contribution in [2.24, 2.45) is 0 Å². The minimum atomic E-state index is -1.15. The predicted octanol–water partition coefficient (Wildman–Crippen LogP) is 2.71. The molecule has 0 radical (unpaired) electrons. The van der Waals surface area contributed by atoms with Gasteiger partial charge in [0.1, 0.15) is 5.82 Å². The molecule has 0 saturated heterocycles. The molecule has 3 aromatic rings. The highest BCUT2D eigenvalue weighted by Gasteiger charge is 2.18. The number of benzene rings is 1. The van der Waals surface area contributed by atoms with E-state index in [2.05, 4.69) is 4.98 Å². The number of hydrogen-bond donors (Lipinski definition) is 2. The van der Waals surface area contributed by atoms with E-state index in [1.165, 1.54) is 22.7 Å². The van der Waals surface area contributed by atoms with Crippen molar-refractivity contribution in [3.63, 3.8) is 0 Å². The Balaban J connectivity index is 2.32. The monoisotopic (exact) mass is 296 g/mol. The largest absolute Gasteiger partial charge is 0.478 e. The van der Waals surface area contributed by atoms with Gasteiger partial charge in [0, 0.05) is 11.8 Å². The van der Waals surface area contributed by atoms with Crippen LogP contribution in [0.15, 0.2) is 42.6 Å². The molecule has 6 nitrogen and oxygen atoms in total. The Hall–Kier alpha value is -3.15. The lowest BCUT2D eigenvalue weighted by molar-refractivity contribution is 0.0685. The van der Waals surface area contributed by atoms with Crippen LogP contribution in [0.25, 0.3) is 16.9 Å². The van der Waals surface area contributed by atoms with Crippen LogP contribution in [0.4, 0.5) is 0 Å². The van der Waals surface area contributed by atoms with Crippen molar-refractivity contribution in [3.05, 3.63) is 59.4 Å². The molecule has 0 aliphatic rings. The standard InChI is InChI=1S/C16H12N2O4/c1-9-2-4-10(5-3-9)14-17-13(16(21)22)12-7-6-11(15(19)20)8-18(12)14/h2-8H,1H3,(H,19,20)(H,21,22). The van der Waals surface area contributed by atoms with E-state index in [1.54, 1.807) is 0 Å². The van der Waals surface area contributed by atoms with Crippen LogP contribution in [0.5, 0.6) is 0 Å². The number of fused-ring (bicyclic) bond motifs is 1. The topological polar surface area (TPSA) is 91.9 Å². The third-order valence-corrected chi connectivity index (χ3v) is 3.40. The number of carbonyl (C=O) groups is 2. The van der Waals surface area contributed by atoms with Crippen LogP contribution in [0.2, 0.25) is 0 Å². The maximum Gasteiger partial charge on any atom is 0.356 e. The van der Waals surface area contributed by atoms with Gasteiger partial charge in [-0.2, -0.15) is 0 Å². The van der Waals surface area contributed by atoms with Gasteiger partial charge in [0.2, 0.25) is 0 Å². The smallest absolute Gasteiger partial charge is 0.356 e. The van der Waals surface area contributed by atoms with Crippen molar-refractivity contribution in [2.75, 3.05) is 0 Å². The second-order valence-electron chi connectivity index (χ2n) is 4.93. The predicted molar refractivity (Wildman–Crippen MR) is 79.3 cm³/mol. The van der Waals surface area contributed by atoms with E-state index in [0.29, 0.717) is 11.3 Å². The molecule has 0 atom stereocenters. The Morgan fingerprint density at radius 1 is 1.00 bits per heavy atom. The third-order valence-electron chi connectivity index (χ3n) is 3.40. The summed E-state index contributed by atoms with van der Waals surface area (Å²) in [6.07, 6.45) is 1.38. The van der Waals surface area contributed by atoms with E-state index in [4.69, 9.17) is 5.11 Å². The van der Waals surface area contributed by atoms with Crippen LogP contribution in [0.1, 0.15) is 26.4 Å². The number of carboxylic acid groups (broad SMARTS) is 2. The first-order valence-corrected chi connectivity index (χ1v) is 6.53. The van der Waals surface area contributed by atoms with Gasteiger partial charge in [0.05, 0.1) is 11.1 Å². The van der Waals surface area contributed by atoms with Crippen molar-refractivity contribution in [2.45, 2.75) is 6.92 Å². The number of hydrogen-bond acceptors (Lipinski definition) is 3. The molecule has 0 amide bonds. The zero-order chi connectivity index (χ0) is 15.9. The SMILES string of the molecule is Cc1ccc(-c2nc(C(=O)O)c3ccc(C(=O)O)cn23)cc1. The highest BCUT2D eigenvalue weighted by Crippen LogP contribution is 2.24. The average molecular weight is 296 g/mol. The second kappa shape index (κ2) is 5.00. The number of aromatic nitrogens is 2. The maximum atomic E-state index is 11.3. The van der Waals surface area contributed by atoms with Gasteiger partial charge in [-0.05, 0) is 19.1 Å². The summed E-state index contributed by atoms with van der Waals surface area (Å²) >= 11 is 0. The number of nitrogens with zero attached hydrogens (tertiary/aromatic N) is 2. The molecular formula is C16H12N2O4. The zero-order valence-corrected chi connectivity index (χ0v) is 11.6. The van der Waals surface area contributed by atoms with E-state index in [-0.39, 0.29) is 11.3 Å². The van der Waals surface area contributed by atoms with Crippen molar-refractivity contribution < 1.29 is 19.8 Å². The van der Waals surface area contributed by atoms with Crippen LogP contribution >= 0.6 is 0 Å². The Labute approximate surface area is 125 Å². The van der Waals surface area contributed by atoms with Crippen molar-refractivity contribution in [1.82, 2.24) is 9.38 Å². The molecule has 110 valence electrons. The molecule has 0 bridgehead atoms. The van der Waals surface area contributed by atoms with Gasteiger partial charge in [0.25, 0.3) is 0 Å². The number of imidazole rings is 1. The van der Waals surface area contributed by atoms with E-state index in [1.807, 2.05) is 31.2 Å². The van der Waals surface area contributed by atoms with Gasteiger partial charge in [-0.15, -0.1) is 0 Å². The van der Waals surface area contributed by atoms with Gasteiger partial charge in [-0.3, -0.25) is 4.40 Å². The minimum Gasteiger partial charge on any atom is -0.478 e. The van der Waals surface area contributed by atoms with Crippen LogP contribution in [0.3, 0.4) is 0 Å². The zero-order valence-electron chi connectivity index (χ0n) is 11.6. The summed E-state index contributed by atoms with van der Waals surface area (Å²) in [5.41, 5.74) is 2.10. The van der Waals surface area contributed by atoms with Crippen LogP contribution < -0.4 is 0 Å². The molecular weight excluding hydrogens is 284 g/mol. The molecule has 0 aliphatic heterocycles. The lowest BCUT2D eigenvalue weighted by Gasteiger charge is -2.03. The number of rotatable bonds is 3. The molecule has 2 N–H and O–H groups in total. The fourth-order valence-corrected chi connectivity index (χ4v) is 2.28. The number of pyridine rings is 1. The fraction of sp³-hybridized carbons (Fsp3) is 0.0625. The van der Waals surface area contributed by atoms with Crippen molar-refractivity contribution >= 4 is 17.5 Å². The Kier molecular flexibility index (Phi) is 3.14. The van der Waals surface area contributed by atoms with E-state index >= 15 is 0 Å². The van der Waals surface area contributed by atoms with Gasteiger partial charge in [0.15, 0.2) is 5.69 Å². The minimum absolute atomic E-state index is 0.0650. The molecule has 0 fully saturated rings. The molecule has 3 rings (SSSR count). The maximum absolute atomic E-state index is 11.3. The van der Waals surface area contributed by atoms with Gasteiger partial charge in [-0.25, -0.2) is 14.6 Å². The normalized spacial score (nSPS) is 10.8. The quantitative estimate of drug-likeness (QED) is 0.775. The summed E-state index contributed by atoms with van der Waals surface area (Å²) in [7, 11) is 0. The number of aromatic carboxylic acids is 2. The number of aryl methyl sites for hydroxylation is 1. The van der Waals surface area contributed by atoms with Gasteiger partial charge in [-0.1, -0.05) is 29.8 Å². The Morgan fingerprint density at radius 2 is 1.68 bits per heavy atom. The van der Waals surface area contributed by atoms with E-state index < -0.39 is 11.9 Å². The van der Waals surface area contributed by atoms with Crippen LogP contribution in [-0.4, -0.2) is 31.5 Å². The summed E-state index contributed by atoms with van der Waals surface area (Å²) in [4.78, 5) is 26.6. The van der Waals surface area contributed by atoms with Gasteiger partial charge >= 0.3 is 11.9 Å². The molecule has 1 aromatic carbocycles. The molecule has 2 aromatic heterocycles. The van der Waals surface area contributed by atoms with Crippen molar-refractivity contribution in [1.29, 1.82) is 0 Å². The Morgan fingerprint density at radius 3 is 2.27 bits per heavy atom. The first-order valence-electron chi connectivity index (χ1n) is 6.53. The first-order chi connectivity index (χ1) is 10.5.